The molecule has 2 aromatic carbocycles. The Morgan fingerprint density at radius 1 is 1.14 bits per heavy atom. The molecular formula is C16H11ClN4. The van der Waals surface area contributed by atoms with Gasteiger partial charge in [0.15, 0.2) is 0 Å². The average Bonchev–Trinajstić information content (AvgIpc) is 2.46. The van der Waals surface area contributed by atoms with Crippen molar-refractivity contribution in [2.75, 3.05) is 11.1 Å². The highest BCUT2D eigenvalue weighted by Gasteiger charge is 2.04. The Labute approximate surface area is 126 Å². The fourth-order valence-corrected chi connectivity index (χ4v) is 2.34. The Kier molecular flexibility index (Phi) is 3.35. The van der Waals surface area contributed by atoms with Gasteiger partial charge in [-0.25, -0.2) is 0 Å². The molecule has 21 heavy (non-hydrogen) atoms. The molecule has 0 atom stereocenters. The number of nitrogen functional groups attached to an aromatic ring is 1. The zero-order chi connectivity index (χ0) is 14.8. The predicted octanol–water partition coefficient (Wildman–Crippen LogP) is 4.09. The van der Waals surface area contributed by atoms with Gasteiger partial charge in [0.1, 0.15) is 0 Å². The minimum Gasteiger partial charge on any atom is -0.399 e. The molecule has 3 aromatic rings. The third-order valence-electron chi connectivity index (χ3n) is 3.07. The van der Waals surface area contributed by atoms with Crippen molar-refractivity contribution in [3.8, 4) is 6.07 Å². The number of benzene rings is 2. The molecule has 4 nitrogen and oxygen atoms in total. The molecule has 0 saturated carbocycles. The average molecular weight is 295 g/mol. The first-order chi connectivity index (χ1) is 10.2. The van der Waals surface area contributed by atoms with Crippen LogP contribution in [0.25, 0.3) is 10.9 Å². The largest absolute Gasteiger partial charge is 0.399 e. The number of halogens is 1. The van der Waals surface area contributed by atoms with Gasteiger partial charge in [-0.15, -0.1) is 0 Å². The highest BCUT2D eigenvalue weighted by molar-refractivity contribution is 6.31. The van der Waals surface area contributed by atoms with Crippen LogP contribution in [0.3, 0.4) is 0 Å². The molecule has 0 bridgehead atoms. The summed E-state index contributed by atoms with van der Waals surface area (Å²) in [7, 11) is 0. The zero-order valence-corrected chi connectivity index (χ0v) is 11.7. The van der Waals surface area contributed by atoms with E-state index < -0.39 is 0 Å². The van der Waals surface area contributed by atoms with E-state index in [0.717, 1.165) is 22.3 Å². The van der Waals surface area contributed by atoms with Crippen molar-refractivity contribution >= 4 is 39.6 Å². The summed E-state index contributed by atoms with van der Waals surface area (Å²) >= 11 is 5.98. The van der Waals surface area contributed by atoms with E-state index in [0.29, 0.717) is 16.3 Å². The Hall–Kier alpha value is -2.77. The Morgan fingerprint density at radius 3 is 2.81 bits per heavy atom. The maximum Gasteiger partial charge on any atom is 0.0993 e. The first-order valence-electron chi connectivity index (χ1n) is 6.28. The van der Waals surface area contributed by atoms with Gasteiger partial charge in [-0.2, -0.15) is 5.26 Å². The van der Waals surface area contributed by atoms with E-state index in [1.54, 1.807) is 24.4 Å². The second kappa shape index (κ2) is 5.31. The summed E-state index contributed by atoms with van der Waals surface area (Å²) in [5, 5.41) is 13.9. The first-order valence-corrected chi connectivity index (χ1v) is 6.65. The fourth-order valence-electron chi connectivity index (χ4n) is 2.17. The van der Waals surface area contributed by atoms with Crippen molar-refractivity contribution in [2.24, 2.45) is 0 Å². The summed E-state index contributed by atoms with van der Waals surface area (Å²) in [6.07, 6.45) is 1.71. The molecule has 0 aliphatic heterocycles. The monoisotopic (exact) mass is 294 g/mol. The van der Waals surface area contributed by atoms with E-state index >= 15 is 0 Å². The van der Waals surface area contributed by atoms with E-state index in [9.17, 15) is 0 Å². The molecule has 0 spiro atoms. The Bertz CT molecular complexity index is 868. The van der Waals surface area contributed by atoms with Crippen molar-refractivity contribution in [3.05, 3.63) is 59.2 Å². The van der Waals surface area contributed by atoms with E-state index in [1.165, 1.54) is 0 Å². The van der Waals surface area contributed by atoms with Crippen LogP contribution in [-0.2, 0) is 0 Å². The Morgan fingerprint density at radius 2 is 2.00 bits per heavy atom. The van der Waals surface area contributed by atoms with Gasteiger partial charge in [0.2, 0.25) is 0 Å². The molecule has 102 valence electrons. The third kappa shape index (κ3) is 2.73. The summed E-state index contributed by atoms with van der Waals surface area (Å²) in [6, 6.07) is 14.7. The number of nitrogens with one attached hydrogen (secondary N) is 1. The van der Waals surface area contributed by atoms with Crippen LogP contribution in [0.2, 0.25) is 5.02 Å². The van der Waals surface area contributed by atoms with Crippen molar-refractivity contribution in [3.63, 3.8) is 0 Å². The number of nitriles is 1. The van der Waals surface area contributed by atoms with Crippen molar-refractivity contribution in [2.45, 2.75) is 0 Å². The lowest BCUT2D eigenvalue weighted by Gasteiger charge is -2.10. The lowest BCUT2D eigenvalue weighted by Crippen LogP contribution is -1.95. The molecular weight excluding hydrogens is 284 g/mol. The molecule has 1 heterocycles. The van der Waals surface area contributed by atoms with Crippen LogP contribution in [0.5, 0.6) is 0 Å². The summed E-state index contributed by atoms with van der Waals surface area (Å²) in [5.74, 6) is 0. The zero-order valence-electron chi connectivity index (χ0n) is 11.0. The normalized spacial score (nSPS) is 10.3. The number of pyridine rings is 1. The van der Waals surface area contributed by atoms with Gasteiger partial charge in [0, 0.05) is 33.7 Å². The number of rotatable bonds is 2. The van der Waals surface area contributed by atoms with Gasteiger partial charge >= 0.3 is 0 Å². The summed E-state index contributed by atoms with van der Waals surface area (Å²) < 4.78 is 0. The van der Waals surface area contributed by atoms with E-state index in [1.807, 2.05) is 24.3 Å². The first kappa shape index (κ1) is 13.2. The molecule has 1 aromatic heterocycles. The Balaban J connectivity index is 2.06. The topological polar surface area (TPSA) is 74.7 Å². The number of anilines is 3. The van der Waals surface area contributed by atoms with Crippen LogP contribution in [-0.4, -0.2) is 4.98 Å². The standard InChI is InChI=1S/C16H11ClN4/c17-11-1-2-14-15(3-4-20-16(14)7-11)21-13-6-10(9-18)5-12(19)8-13/h1-8H,19H2,(H,20,21). The van der Waals surface area contributed by atoms with E-state index in [2.05, 4.69) is 16.4 Å². The van der Waals surface area contributed by atoms with Gasteiger partial charge in [0.05, 0.1) is 17.1 Å². The number of aromatic nitrogens is 1. The molecule has 3 rings (SSSR count). The van der Waals surface area contributed by atoms with Gasteiger partial charge in [-0.05, 0) is 42.5 Å². The highest BCUT2D eigenvalue weighted by atomic mass is 35.5. The molecule has 5 heteroatoms. The smallest absolute Gasteiger partial charge is 0.0993 e. The van der Waals surface area contributed by atoms with Gasteiger partial charge in [0.25, 0.3) is 0 Å². The molecule has 0 unspecified atom stereocenters. The summed E-state index contributed by atoms with van der Waals surface area (Å²) in [5.41, 5.74) is 9.29. The van der Waals surface area contributed by atoms with Crippen molar-refractivity contribution in [1.82, 2.24) is 4.98 Å². The van der Waals surface area contributed by atoms with Crippen LogP contribution in [0.4, 0.5) is 17.1 Å². The number of nitrogens with two attached hydrogens (primary N) is 1. The lowest BCUT2D eigenvalue weighted by atomic mass is 10.1. The third-order valence-corrected chi connectivity index (χ3v) is 3.30. The molecule has 0 saturated heterocycles. The molecule has 0 amide bonds. The maximum atomic E-state index is 9.00. The molecule has 0 aliphatic rings. The van der Waals surface area contributed by atoms with Gasteiger partial charge in [-0.1, -0.05) is 11.6 Å². The van der Waals surface area contributed by atoms with E-state index in [-0.39, 0.29) is 0 Å². The van der Waals surface area contributed by atoms with Gasteiger partial charge in [-0.3, -0.25) is 4.98 Å². The van der Waals surface area contributed by atoms with Crippen LogP contribution >= 0.6 is 11.6 Å². The predicted molar refractivity (Wildman–Crippen MR) is 85.6 cm³/mol. The number of nitrogens with zero attached hydrogens (tertiary/aromatic N) is 2. The number of hydrogen-bond acceptors (Lipinski definition) is 4. The van der Waals surface area contributed by atoms with Gasteiger partial charge < -0.3 is 11.1 Å². The van der Waals surface area contributed by atoms with E-state index in [4.69, 9.17) is 22.6 Å². The quantitative estimate of drug-likeness (QED) is 0.698. The summed E-state index contributed by atoms with van der Waals surface area (Å²) in [4.78, 5) is 4.29. The molecule has 0 aliphatic carbocycles. The van der Waals surface area contributed by atoms with Crippen LogP contribution in [0, 0.1) is 11.3 Å². The summed E-state index contributed by atoms with van der Waals surface area (Å²) in [6.45, 7) is 0. The number of fused-ring (bicyclic) bond motifs is 1. The maximum absolute atomic E-state index is 9.00. The SMILES string of the molecule is N#Cc1cc(N)cc(Nc2ccnc3cc(Cl)ccc23)c1. The molecule has 3 N–H and O–H groups in total. The molecule has 0 radical (unpaired) electrons. The highest BCUT2D eigenvalue weighted by Crippen LogP contribution is 2.28. The van der Waals surface area contributed by atoms with Crippen molar-refractivity contribution in [1.29, 1.82) is 5.26 Å². The fraction of sp³-hybridized carbons (Fsp3) is 0. The van der Waals surface area contributed by atoms with Crippen LogP contribution in [0.1, 0.15) is 5.56 Å². The minimum absolute atomic E-state index is 0.513. The van der Waals surface area contributed by atoms with Crippen LogP contribution in [0.15, 0.2) is 48.7 Å². The minimum atomic E-state index is 0.513. The second-order valence-corrected chi connectivity index (χ2v) is 5.04. The van der Waals surface area contributed by atoms with Crippen molar-refractivity contribution < 1.29 is 0 Å². The molecule has 0 fully saturated rings. The lowest BCUT2D eigenvalue weighted by molar-refractivity contribution is 1.40. The second-order valence-electron chi connectivity index (χ2n) is 4.60. The van der Waals surface area contributed by atoms with Crippen LogP contribution < -0.4 is 11.1 Å². The number of hydrogen-bond donors (Lipinski definition) is 2.